The van der Waals surface area contributed by atoms with Crippen LogP contribution >= 0.6 is 11.6 Å². The number of rotatable bonds is 9. The third-order valence-electron chi connectivity index (χ3n) is 5.71. The molecule has 34 heavy (non-hydrogen) atoms. The van der Waals surface area contributed by atoms with Crippen LogP contribution in [-0.2, 0) is 25.5 Å². The van der Waals surface area contributed by atoms with E-state index in [0.29, 0.717) is 23.4 Å². The van der Waals surface area contributed by atoms with Crippen LogP contribution in [0.25, 0.3) is 6.08 Å². The summed E-state index contributed by atoms with van der Waals surface area (Å²) in [5.74, 6) is -2.03. The number of aliphatic hydroxyl groups excluding tert-OH is 2. The lowest BCUT2D eigenvalue weighted by Gasteiger charge is -2.41. The first-order chi connectivity index (χ1) is 16.2. The van der Waals surface area contributed by atoms with Gasteiger partial charge in [0.25, 0.3) is 0 Å². The fourth-order valence-corrected chi connectivity index (χ4v) is 3.96. The summed E-state index contributed by atoms with van der Waals surface area (Å²) < 4.78 is 11.0. The van der Waals surface area contributed by atoms with Gasteiger partial charge in [0.05, 0.1) is 6.10 Å². The Balaban J connectivity index is 1.61. The topological polar surface area (TPSA) is 134 Å². The molecule has 0 aromatic heterocycles. The molecule has 4 atom stereocenters. The Morgan fingerprint density at radius 1 is 1.06 bits per heavy atom. The number of carboxylic acid groups (broad SMARTS) is 1. The normalized spacial score (nSPS) is 24.7. The zero-order valence-electron chi connectivity index (χ0n) is 18.3. The van der Waals surface area contributed by atoms with Crippen molar-refractivity contribution in [3.63, 3.8) is 0 Å². The third kappa shape index (κ3) is 6.80. The summed E-state index contributed by atoms with van der Waals surface area (Å²) in [6.07, 6.45) is -1.07. The van der Waals surface area contributed by atoms with Crippen molar-refractivity contribution in [1.82, 2.24) is 0 Å². The molecule has 2 aromatic carbocycles. The summed E-state index contributed by atoms with van der Waals surface area (Å²) in [5.41, 5.74) is -0.156. The van der Waals surface area contributed by atoms with Crippen LogP contribution in [-0.4, -0.2) is 62.9 Å². The maximum absolute atomic E-state index is 12.3. The number of aliphatic carboxylic acids is 1. The van der Waals surface area contributed by atoms with Gasteiger partial charge in [0, 0.05) is 30.5 Å². The van der Waals surface area contributed by atoms with Gasteiger partial charge >= 0.3 is 11.9 Å². The van der Waals surface area contributed by atoms with Gasteiger partial charge in [-0.25, -0.2) is 9.59 Å². The van der Waals surface area contributed by atoms with Crippen LogP contribution in [0.2, 0.25) is 5.02 Å². The van der Waals surface area contributed by atoms with E-state index < -0.39 is 35.9 Å². The average molecular weight is 491 g/mol. The monoisotopic (exact) mass is 490 g/mol. The molecule has 0 amide bonds. The van der Waals surface area contributed by atoms with Crippen molar-refractivity contribution in [2.45, 2.75) is 49.6 Å². The molecule has 9 heteroatoms. The number of halogens is 1. The van der Waals surface area contributed by atoms with Gasteiger partial charge in [0.2, 0.25) is 0 Å². The van der Waals surface area contributed by atoms with E-state index in [1.54, 1.807) is 24.3 Å². The van der Waals surface area contributed by atoms with Crippen LogP contribution in [0, 0.1) is 0 Å². The molecule has 0 bridgehead atoms. The molecule has 1 saturated carbocycles. The lowest BCUT2D eigenvalue weighted by Crippen LogP contribution is -2.58. The number of esters is 1. The highest BCUT2D eigenvalue weighted by atomic mass is 35.5. The number of carbonyl (C=O) groups is 2. The predicted octanol–water partition coefficient (Wildman–Crippen LogP) is 2.96. The maximum Gasteiger partial charge on any atom is 0.336 e. The summed E-state index contributed by atoms with van der Waals surface area (Å²) in [5, 5.41) is 40.4. The summed E-state index contributed by atoms with van der Waals surface area (Å²) in [6, 6.07) is 13.4. The number of aromatic hydroxyl groups is 1. The van der Waals surface area contributed by atoms with Crippen LogP contribution in [0.15, 0.2) is 54.6 Å². The smallest absolute Gasteiger partial charge is 0.336 e. The molecule has 2 aromatic rings. The second-order valence-corrected chi connectivity index (χ2v) is 8.68. The Hall–Kier alpha value is -2.91. The van der Waals surface area contributed by atoms with Gasteiger partial charge in [-0.05, 0) is 54.3 Å². The minimum absolute atomic E-state index is 0.0808. The SMILES string of the molecule is O=C(/C=C/c1ccc(O)cc1)O[C@@H]1C[C@](OCCCc2ccc(Cl)cc2)(C(=O)O)C[C@H](O)[C@H]1O. The summed E-state index contributed by atoms with van der Waals surface area (Å²) in [4.78, 5) is 24.4. The van der Waals surface area contributed by atoms with Gasteiger partial charge in [0.15, 0.2) is 5.60 Å². The number of aryl methyl sites for hydroxylation is 1. The summed E-state index contributed by atoms with van der Waals surface area (Å²) >= 11 is 5.88. The van der Waals surface area contributed by atoms with Crippen LogP contribution in [0.4, 0.5) is 0 Å². The maximum atomic E-state index is 12.3. The molecule has 1 aliphatic carbocycles. The number of carbonyl (C=O) groups excluding carboxylic acids is 1. The molecule has 0 saturated heterocycles. The molecule has 1 aliphatic rings. The first kappa shape index (κ1) is 25.7. The first-order valence-electron chi connectivity index (χ1n) is 10.8. The Kier molecular flexibility index (Phi) is 8.68. The van der Waals surface area contributed by atoms with Gasteiger partial charge in [-0.2, -0.15) is 0 Å². The van der Waals surface area contributed by atoms with E-state index in [0.717, 1.165) is 11.6 Å². The number of ether oxygens (including phenoxy) is 2. The molecular weight excluding hydrogens is 464 g/mol. The number of phenols is 1. The van der Waals surface area contributed by atoms with E-state index in [1.807, 2.05) is 12.1 Å². The Labute approximate surface area is 202 Å². The fourth-order valence-electron chi connectivity index (χ4n) is 3.83. The molecule has 0 spiro atoms. The molecule has 8 nitrogen and oxygen atoms in total. The highest BCUT2D eigenvalue weighted by Gasteiger charge is 2.52. The van der Waals surface area contributed by atoms with Crippen molar-refractivity contribution in [1.29, 1.82) is 0 Å². The van der Waals surface area contributed by atoms with Gasteiger partial charge < -0.3 is 29.9 Å². The van der Waals surface area contributed by atoms with E-state index in [1.165, 1.54) is 18.2 Å². The van der Waals surface area contributed by atoms with Gasteiger partial charge in [-0.15, -0.1) is 0 Å². The van der Waals surface area contributed by atoms with Crippen LogP contribution < -0.4 is 0 Å². The zero-order valence-corrected chi connectivity index (χ0v) is 19.1. The van der Waals surface area contributed by atoms with Crippen molar-refractivity contribution in [3.05, 3.63) is 70.8 Å². The number of phenolic OH excluding ortho intramolecular Hbond substituents is 1. The van der Waals surface area contributed by atoms with E-state index in [9.17, 15) is 30.0 Å². The molecule has 0 radical (unpaired) electrons. The van der Waals surface area contributed by atoms with Crippen LogP contribution in [0.3, 0.4) is 0 Å². The van der Waals surface area contributed by atoms with Gasteiger partial charge in [-0.1, -0.05) is 35.9 Å². The van der Waals surface area contributed by atoms with E-state index in [-0.39, 0.29) is 25.2 Å². The number of hydrogen-bond donors (Lipinski definition) is 4. The lowest BCUT2D eigenvalue weighted by atomic mass is 9.79. The fraction of sp³-hybridized carbons (Fsp3) is 0.360. The zero-order chi connectivity index (χ0) is 24.7. The molecular formula is C25H27ClO8. The van der Waals surface area contributed by atoms with Gasteiger partial charge in [-0.3, -0.25) is 0 Å². The Bertz CT molecular complexity index is 1000. The third-order valence-corrected chi connectivity index (χ3v) is 5.96. The highest BCUT2D eigenvalue weighted by Crippen LogP contribution is 2.35. The Morgan fingerprint density at radius 3 is 2.38 bits per heavy atom. The quantitative estimate of drug-likeness (QED) is 0.239. The largest absolute Gasteiger partial charge is 0.508 e. The van der Waals surface area contributed by atoms with Crippen molar-refractivity contribution in [2.24, 2.45) is 0 Å². The molecule has 1 fully saturated rings. The molecule has 182 valence electrons. The predicted molar refractivity (Wildman–Crippen MR) is 124 cm³/mol. The lowest BCUT2D eigenvalue weighted by molar-refractivity contribution is -0.207. The van der Waals surface area contributed by atoms with E-state index in [2.05, 4.69) is 0 Å². The van der Waals surface area contributed by atoms with E-state index >= 15 is 0 Å². The van der Waals surface area contributed by atoms with Crippen LogP contribution in [0.5, 0.6) is 5.75 Å². The standard InChI is InChI=1S/C25H27ClO8/c26-18-8-3-16(4-9-18)2-1-13-33-25(24(31)32)14-20(28)23(30)21(15-25)34-22(29)12-7-17-5-10-19(27)11-6-17/h3-12,20-21,23,27-28,30H,1-2,13-15H2,(H,31,32)/b12-7+/t20-,21+,23+,25-/m0/s1. The van der Waals surface area contributed by atoms with Crippen molar-refractivity contribution in [2.75, 3.05) is 6.61 Å². The number of aliphatic hydroxyl groups is 2. The molecule has 4 N–H and O–H groups in total. The Morgan fingerprint density at radius 2 is 1.74 bits per heavy atom. The average Bonchev–Trinajstić information content (AvgIpc) is 2.80. The second kappa shape index (κ2) is 11.5. The number of benzene rings is 2. The minimum Gasteiger partial charge on any atom is -0.508 e. The molecule has 3 rings (SSSR count). The summed E-state index contributed by atoms with van der Waals surface area (Å²) in [7, 11) is 0. The minimum atomic E-state index is -1.80. The second-order valence-electron chi connectivity index (χ2n) is 8.24. The highest BCUT2D eigenvalue weighted by molar-refractivity contribution is 6.30. The van der Waals surface area contributed by atoms with Crippen molar-refractivity contribution < 1.29 is 39.5 Å². The van der Waals surface area contributed by atoms with Gasteiger partial charge in [0.1, 0.15) is 18.0 Å². The van der Waals surface area contributed by atoms with Crippen molar-refractivity contribution in [3.8, 4) is 5.75 Å². The van der Waals surface area contributed by atoms with E-state index in [4.69, 9.17) is 21.1 Å². The molecule has 0 aliphatic heterocycles. The van der Waals surface area contributed by atoms with Crippen molar-refractivity contribution >= 4 is 29.6 Å². The number of hydrogen-bond acceptors (Lipinski definition) is 7. The molecule has 0 unspecified atom stereocenters. The van der Waals surface area contributed by atoms with Crippen LogP contribution in [0.1, 0.15) is 30.4 Å². The first-order valence-corrected chi connectivity index (χ1v) is 11.2. The number of carboxylic acids is 1. The summed E-state index contributed by atoms with van der Waals surface area (Å²) in [6.45, 7) is 0.0964. The molecule has 0 heterocycles.